The van der Waals surface area contributed by atoms with Gasteiger partial charge in [0.2, 0.25) is 0 Å². The molecule has 0 aliphatic carbocycles. The zero-order valence-corrected chi connectivity index (χ0v) is 17.0. The molecule has 1 atom stereocenters. The number of thioether (sulfide) groups is 1. The number of benzene rings is 3. The molecule has 0 bridgehead atoms. The van der Waals surface area contributed by atoms with E-state index < -0.39 is 0 Å². The second-order valence-corrected chi connectivity index (χ2v) is 8.63. The Kier molecular flexibility index (Phi) is 5.66. The fourth-order valence-electron chi connectivity index (χ4n) is 3.97. The zero-order valence-electron chi connectivity index (χ0n) is 16.2. The molecule has 138 valence electrons. The van der Waals surface area contributed by atoms with Crippen molar-refractivity contribution in [2.75, 3.05) is 20.6 Å². The van der Waals surface area contributed by atoms with Crippen LogP contribution in [-0.4, -0.2) is 25.5 Å². The second kappa shape index (κ2) is 8.33. The van der Waals surface area contributed by atoms with E-state index in [4.69, 9.17) is 0 Å². The van der Waals surface area contributed by atoms with Gasteiger partial charge < -0.3 is 4.90 Å². The molecule has 3 aromatic carbocycles. The lowest BCUT2D eigenvalue weighted by atomic mass is 9.83. The number of fused-ring (bicyclic) bond motifs is 2. The highest BCUT2D eigenvalue weighted by Gasteiger charge is 2.25. The lowest BCUT2D eigenvalue weighted by Crippen LogP contribution is -2.13. The van der Waals surface area contributed by atoms with E-state index in [2.05, 4.69) is 91.8 Å². The molecule has 0 amide bonds. The minimum absolute atomic E-state index is 0.322. The Balaban J connectivity index is 1.73. The highest BCUT2D eigenvalue weighted by atomic mass is 32.2. The molecule has 1 aliphatic heterocycles. The van der Waals surface area contributed by atoms with Crippen molar-refractivity contribution in [3.8, 4) is 0 Å². The Hall–Kier alpha value is -2.03. The number of hydrogen-bond donors (Lipinski definition) is 0. The molecule has 0 fully saturated rings. The monoisotopic (exact) mass is 373 g/mol. The lowest BCUT2D eigenvalue weighted by molar-refractivity contribution is 0.400. The van der Waals surface area contributed by atoms with E-state index >= 15 is 0 Å². The van der Waals surface area contributed by atoms with Gasteiger partial charge in [-0.3, -0.25) is 0 Å². The molecule has 4 rings (SSSR count). The molecule has 1 heterocycles. The van der Waals surface area contributed by atoms with Crippen LogP contribution in [0.5, 0.6) is 0 Å². The van der Waals surface area contributed by atoms with Gasteiger partial charge in [-0.15, -0.1) is 11.8 Å². The van der Waals surface area contributed by atoms with Gasteiger partial charge in [0.05, 0.1) is 0 Å². The van der Waals surface area contributed by atoms with Crippen molar-refractivity contribution in [2.24, 2.45) is 0 Å². The number of rotatable bonds is 5. The largest absolute Gasteiger partial charge is 0.309 e. The summed E-state index contributed by atoms with van der Waals surface area (Å²) >= 11 is 1.99. The van der Waals surface area contributed by atoms with E-state index in [1.807, 2.05) is 11.8 Å². The summed E-state index contributed by atoms with van der Waals surface area (Å²) in [6.07, 6.45) is 2.35. The first-order valence-electron chi connectivity index (χ1n) is 9.75. The second-order valence-electron chi connectivity index (χ2n) is 7.61. The van der Waals surface area contributed by atoms with Crippen LogP contribution in [0.3, 0.4) is 0 Å². The normalized spacial score (nSPS) is 15.9. The maximum Gasteiger partial charge on any atom is 0.0354 e. The van der Waals surface area contributed by atoms with E-state index in [0.717, 1.165) is 18.7 Å². The van der Waals surface area contributed by atoms with Crippen LogP contribution in [0.4, 0.5) is 0 Å². The first-order chi connectivity index (χ1) is 13.2. The van der Waals surface area contributed by atoms with E-state index in [1.165, 1.54) is 39.1 Å². The molecule has 0 saturated carbocycles. The van der Waals surface area contributed by atoms with Gasteiger partial charge in [-0.2, -0.15) is 0 Å². The molecule has 1 nitrogen and oxygen atoms in total. The minimum Gasteiger partial charge on any atom is -0.309 e. The van der Waals surface area contributed by atoms with Crippen LogP contribution in [0.2, 0.25) is 0 Å². The van der Waals surface area contributed by atoms with E-state index in [-0.39, 0.29) is 0 Å². The third-order valence-electron chi connectivity index (χ3n) is 5.34. The standard InChI is InChI=1S/C25H27NS/c1-26(2)16-8-9-19-14-15-23-24(17-19)27-18-21-12-6-7-13-22(21)25(23)20-10-4-3-5-11-20/h3-7,10-15,17,25H,8-9,16,18H2,1-2H3. The van der Waals surface area contributed by atoms with Crippen LogP contribution < -0.4 is 0 Å². The van der Waals surface area contributed by atoms with Crippen molar-refractivity contribution in [3.05, 3.63) is 101 Å². The molecule has 0 radical (unpaired) electrons. The maximum atomic E-state index is 2.44. The SMILES string of the molecule is CN(C)CCCc1ccc2c(c1)SCc1ccccc1C2c1ccccc1. The van der Waals surface area contributed by atoms with Gasteiger partial charge in [0.25, 0.3) is 0 Å². The summed E-state index contributed by atoms with van der Waals surface area (Å²) in [5.74, 6) is 1.37. The van der Waals surface area contributed by atoms with Crippen LogP contribution in [0.1, 0.15) is 40.2 Å². The van der Waals surface area contributed by atoms with Gasteiger partial charge in [-0.1, -0.05) is 66.7 Å². The van der Waals surface area contributed by atoms with Crippen LogP contribution in [0.15, 0.2) is 77.7 Å². The van der Waals surface area contributed by atoms with Crippen molar-refractivity contribution in [2.45, 2.75) is 29.4 Å². The lowest BCUT2D eigenvalue weighted by Gasteiger charge is -2.21. The minimum atomic E-state index is 0.322. The van der Waals surface area contributed by atoms with E-state index in [1.54, 1.807) is 0 Å². The summed E-state index contributed by atoms with van der Waals surface area (Å²) in [6.45, 7) is 1.14. The summed E-state index contributed by atoms with van der Waals surface area (Å²) in [6, 6.07) is 27.1. The topological polar surface area (TPSA) is 3.24 Å². The van der Waals surface area contributed by atoms with Gasteiger partial charge >= 0.3 is 0 Å². The molecule has 1 unspecified atom stereocenters. The summed E-state index contributed by atoms with van der Waals surface area (Å²) < 4.78 is 0. The molecular weight excluding hydrogens is 346 g/mol. The van der Waals surface area contributed by atoms with Crippen molar-refractivity contribution in [1.29, 1.82) is 0 Å². The Labute approximate surface area is 167 Å². The first-order valence-corrected chi connectivity index (χ1v) is 10.7. The molecule has 1 aliphatic rings. The molecular formula is C25H27NS. The molecule has 3 aromatic rings. The van der Waals surface area contributed by atoms with E-state index in [0.29, 0.717) is 5.92 Å². The molecule has 0 spiro atoms. The average molecular weight is 374 g/mol. The van der Waals surface area contributed by atoms with Gasteiger partial charge in [-0.05, 0) is 67.4 Å². The Morgan fingerprint density at radius 2 is 1.67 bits per heavy atom. The molecule has 2 heteroatoms. The number of nitrogens with zero attached hydrogens (tertiary/aromatic N) is 1. The van der Waals surface area contributed by atoms with Crippen molar-refractivity contribution in [3.63, 3.8) is 0 Å². The molecule has 0 N–H and O–H groups in total. The van der Waals surface area contributed by atoms with Gasteiger partial charge in [0, 0.05) is 16.6 Å². The number of aryl methyl sites for hydroxylation is 1. The summed E-state index contributed by atoms with van der Waals surface area (Å²) in [4.78, 5) is 3.71. The summed E-state index contributed by atoms with van der Waals surface area (Å²) in [5, 5.41) is 0. The van der Waals surface area contributed by atoms with Gasteiger partial charge in [0.1, 0.15) is 0 Å². The predicted molar refractivity (Wildman–Crippen MR) is 117 cm³/mol. The maximum absolute atomic E-state index is 2.44. The van der Waals surface area contributed by atoms with Crippen LogP contribution >= 0.6 is 11.8 Å². The Bertz CT molecular complexity index is 901. The molecule has 0 saturated heterocycles. The van der Waals surface area contributed by atoms with Crippen LogP contribution in [-0.2, 0) is 12.2 Å². The van der Waals surface area contributed by atoms with Crippen molar-refractivity contribution < 1.29 is 0 Å². The Morgan fingerprint density at radius 1 is 0.889 bits per heavy atom. The van der Waals surface area contributed by atoms with Crippen molar-refractivity contribution >= 4 is 11.8 Å². The fraction of sp³-hybridized carbons (Fsp3) is 0.280. The van der Waals surface area contributed by atoms with Crippen LogP contribution in [0, 0.1) is 0 Å². The van der Waals surface area contributed by atoms with E-state index in [9.17, 15) is 0 Å². The van der Waals surface area contributed by atoms with Gasteiger partial charge in [-0.25, -0.2) is 0 Å². The highest BCUT2D eigenvalue weighted by Crippen LogP contribution is 2.44. The number of hydrogen-bond acceptors (Lipinski definition) is 2. The smallest absolute Gasteiger partial charge is 0.0354 e. The molecule has 0 aromatic heterocycles. The highest BCUT2D eigenvalue weighted by molar-refractivity contribution is 7.98. The zero-order chi connectivity index (χ0) is 18.6. The molecule has 27 heavy (non-hydrogen) atoms. The van der Waals surface area contributed by atoms with Crippen molar-refractivity contribution in [1.82, 2.24) is 4.90 Å². The Morgan fingerprint density at radius 3 is 2.48 bits per heavy atom. The predicted octanol–water partition coefficient (Wildman–Crippen LogP) is 5.97. The summed E-state index contributed by atoms with van der Waals surface area (Å²) in [7, 11) is 4.29. The summed E-state index contributed by atoms with van der Waals surface area (Å²) in [5.41, 5.74) is 7.21. The van der Waals surface area contributed by atoms with Gasteiger partial charge in [0.15, 0.2) is 0 Å². The third-order valence-corrected chi connectivity index (χ3v) is 6.46. The average Bonchev–Trinajstić information content (AvgIpc) is 2.85. The quantitative estimate of drug-likeness (QED) is 0.542. The first kappa shape index (κ1) is 18.3. The third kappa shape index (κ3) is 4.12. The van der Waals surface area contributed by atoms with Crippen LogP contribution in [0.25, 0.3) is 0 Å². The fourth-order valence-corrected chi connectivity index (χ4v) is 5.13.